The highest BCUT2D eigenvalue weighted by molar-refractivity contribution is 7.99. The lowest BCUT2D eigenvalue weighted by Gasteiger charge is -2.14. The SMILES string of the molecule is O=C(CSc1nc2c(c(=O)[nH]1)CCCC2)Nc1ccc(Oc2ccccc2)cc1. The van der Waals surface area contributed by atoms with Crippen LogP contribution < -0.4 is 15.6 Å². The second-order valence-electron chi connectivity index (χ2n) is 6.78. The molecule has 0 atom stereocenters. The first-order valence-electron chi connectivity index (χ1n) is 9.55. The number of thioether (sulfide) groups is 1. The van der Waals surface area contributed by atoms with Crippen LogP contribution in [0.3, 0.4) is 0 Å². The second-order valence-corrected chi connectivity index (χ2v) is 7.74. The average Bonchev–Trinajstić information content (AvgIpc) is 2.74. The number of carbonyl (C=O) groups is 1. The van der Waals surface area contributed by atoms with Gasteiger partial charge in [0, 0.05) is 11.3 Å². The molecule has 1 aliphatic rings. The number of hydrogen-bond acceptors (Lipinski definition) is 5. The van der Waals surface area contributed by atoms with Crippen molar-refractivity contribution in [1.29, 1.82) is 0 Å². The van der Waals surface area contributed by atoms with Crippen LogP contribution in [0.4, 0.5) is 5.69 Å². The monoisotopic (exact) mass is 407 g/mol. The van der Waals surface area contributed by atoms with Gasteiger partial charge in [-0.25, -0.2) is 4.98 Å². The fraction of sp³-hybridized carbons (Fsp3) is 0.227. The van der Waals surface area contributed by atoms with E-state index in [1.54, 1.807) is 24.3 Å². The lowest BCUT2D eigenvalue weighted by molar-refractivity contribution is -0.113. The number of aromatic nitrogens is 2. The van der Waals surface area contributed by atoms with Gasteiger partial charge >= 0.3 is 0 Å². The summed E-state index contributed by atoms with van der Waals surface area (Å²) in [4.78, 5) is 31.7. The van der Waals surface area contributed by atoms with Crippen molar-refractivity contribution >= 4 is 23.4 Å². The van der Waals surface area contributed by atoms with Crippen LogP contribution in [0, 0.1) is 0 Å². The summed E-state index contributed by atoms with van der Waals surface area (Å²) in [5.41, 5.74) is 2.27. The first kappa shape index (κ1) is 19.3. The van der Waals surface area contributed by atoms with E-state index in [1.807, 2.05) is 30.3 Å². The van der Waals surface area contributed by atoms with Gasteiger partial charge in [-0.2, -0.15) is 0 Å². The van der Waals surface area contributed by atoms with Gasteiger partial charge in [0.2, 0.25) is 5.91 Å². The van der Waals surface area contributed by atoms with Crippen LogP contribution >= 0.6 is 11.8 Å². The Morgan fingerprint density at radius 2 is 1.76 bits per heavy atom. The summed E-state index contributed by atoms with van der Waals surface area (Å²) in [5, 5.41) is 3.34. The number of para-hydroxylation sites is 1. The molecule has 1 aliphatic carbocycles. The predicted octanol–water partition coefficient (Wildman–Crippen LogP) is 4.17. The van der Waals surface area contributed by atoms with E-state index < -0.39 is 0 Å². The van der Waals surface area contributed by atoms with Gasteiger partial charge in [-0.05, 0) is 62.1 Å². The third-order valence-corrected chi connectivity index (χ3v) is 5.50. The van der Waals surface area contributed by atoms with Gasteiger partial charge in [0.25, 0.3) is 5.56 Å². The van der Waals surface area contributed by atoms with Crippen LogP contribution in [0.25, 0.3) is 0 Å². The number of nitrogens with zero attached hydrogens (tertiary/aromatic N) is 1. The van der Waals surface area contributed by atoms with Crippen LogP contribution in [0.1, 0.15) is 24.1 Å². The second kappa shape index (κ2) is 8.96. The first-order chi connectivity index (χ1) is 14.2. The molecular weight excluding hydrogens is 386 g/mol. The maximum Gasteiger partial charge on any atom is 0.254 e. The zero-order valence-electron chi connectivity index (χ0n) is 15.8. The molecule has 1 heterocycles. The molecule has 0 aliphatic heterocycles. The highest BCUT2D eigenvalue weighted by Gasteiger charge is 2.16. The number of rotatable bonds is 6. The summed E-state index contributed by atoms with van der Waals surface area (Å²) in [6.45, 7) is 0. The van der Waals surface area contributed by atoms with Gasteiger partial charge in [0.1, 0.15) is 11.5 Å². The molecule has 0 spiro atoms. The molecule has 7 heteroatoms. The van der Waals surface area contributed by atoms with Crippen LogP contribution in [-0.2, 0) is 17.6 Å². The van der Waals surface area contributed by atoms with Gasteiger partial charge in [-0.15, -0.1) is 0 Å². The molecule has 0 saturated heterocycles. The third kappa shape index (κ3) is 5.06. The van der Waals surface area contributed by atoms with E-state index in [-0.39, 0.29) is 17.2 Å². The van der Waals surface area contributed by atoms with Crippen molar-refractivity contribution in [3.8, 4) is 11.5 Å². The first-order valence-corrected chi connectivity index (χ1v) is 10.5. The molecule has 2 aromatic carbocycles. The normalized spacial score (nSPS) is 12.8. The van der Waals surface area contributed by atoms with E-state index in [0.29, 0.717) is 16.6 Å². The standard InChI is InChI=1S/C22H21N3O3S/c26-20(14-29-22-24-19-9-5-4-8-18(19)21(27)25-22)23-15-10-12-17(13-11-15)28-16-6-2-1-3-7-16/h1-3,6-7,10-13H,4-5,8-9,14H2,(H,23,26)(H,24,25,27). The van der Waals surface area contributed by atoms with Crippen molar-refractivity contribution in [3.63, 3.8) is 0 Å². The van der Waals surface area contributed by atoms with Crippen LogP contribution in [0.15, 0.2) is 64.5 Å². The number of aryl methyl sites for hydroxylation is 1. The van der Waals surface area contributed by atoms with Crippen molar-refractivity contribution in [2.24, 2.45) is 0 Å². The Kier molecular flexibility index (Phi) is 5.95. The Labute approximate surface area is 172 Å². The van der Waals surface area contributed by atoms with Gasteiger partial charge in [0.05, 0.1) is 11.4 Å². The van der Waals surface area contributed by atoms with Crippen molar-refractivity contribution in [2.45, 2.75) is 30.8 Å². The van der Waals surface area contributed by atoms with Crippen LogP contribution in [0.2, 0.25) is 0 Å². The van der Waals surface area contributed by atoms with Crippen molar-refractivity contribution in [1.82, 2.24) is 9.97 Å². The maximum absolute atomic E-state index is 12.3. The number of carbonyl (C=O) groups excluding carboxylic acids is 1. The fourth-order valence-corrected chi connectivity index (χ4v) is 3.89. The van der Waals surface area contributed by atoms with Crippen molar-refractivity contribution < 1.29 is 9.53 Å². The summed E-state index contributed by atoms with van der Waals surface area (Å²) in [6, 6.07) is 16.7. The zero-order valence-corrected chi connectivity index (χ0v) is 16.6. The number of hydrogen-bond donors (Lipinski definition) is 2. The number of amides is 1. The quantitative estimate of drug-likeness (QED) is 0.473. The summed E-state index contributed by atoms with van der Waals surface area (Å²) in [6.07, 6.45) is 3.70. The molecule has 1 amide bonds. The zero-order chi connectivity index (χ0) is 20.1. The molecule has 0 saturated carbocycles. The summed E-state index contributed by atoms with van der Waals surface area (Å²) in [5.74, 6) is 1.46. The number of benzene rings is 2. The van der Waals surface area contributed by atoms with Gasteiger partial charge in [0.15, 0.2) is 5.16 Å². The summed E-state index contributed by atoms with van der Waals surface area (Å²) in [7, 11) is 0. The van der Waals surface area contributed by atoms with Gasteiger partial charge in [-0.1, -0.05) is 30.0 Å². The number of nitrogens with one attached hydrogen (secondary N) is 2. The third-order valence-electron chi connectivity index (χ3n) is 4.63. The minimum atomic E-state index is -0.160. The van der Waals surface area contributed by atoms with E-state index in [9.17, 15) is 9.59 Å². The molecule has 6 nitrogen and oxygen atoms in total. The van der Waals surface area contributed by atoms with E-state index in [4.69, 9.17) is 4.74 Å². The Bertz CT molecular complexity index is 1050. The summed E-state index contributed by atoms with van der Waals surface area (Å²) >= 11 is 1.24. The predicted molar refractivity (Wildman–Crippen MR) is 114 cm³/mol. The smallest absolute Gasteiger partial charge is 0.254 e. The number of ether oxygens (including phenoxy) is 1. The Morgan fingerprint density at radius 3 is 2.55 bits per heavy atom. The molecule has 3 aromatic rings. The number of anilines is 1. The lowest BCUT2D eigenvalue weighted by atomic mass is 9.97. The number of H-pyrrole nitrogens is 1. The van der Waals surface area contributed by atoms with E-state index >= 15 is 0 Å². The Hall–Kier alpha value is -3.06. The van der Waals surface area contributed by atoms with E-state index in [0.717, 1.165) is 42.7 Å². The highest BCUT2D eigenvalue weighted by Crippen LogP contribution is 2.23. The Balaban J connectivity index is 1.32. The molecule has 0 fully saturated rings. The largest absolute Gasteiger partial charge is 0.457 e. The van der Waals surface area contributed by atoms with Crippen molar-refractivity contribution in [2.75, 3.05) is 11.1 Å². The highest BCUT2D eigenvalue weighted by atomic mass is 32.2. The van der Waals surface area contributed by atoms with Crippen LogP contribution in [0.5, 0.6) is 11.5 Å². The lowest BCUT2D eigenvalue weighted by Crippen LogP contribution is -2.22. The topological polar surface area (TPSA) is 84.1 Å². The van der Waals surface area contributed by atoms with Gasteiger partial charge in [-0.3, -0.25) is 9.59 Å². The fourth-order valence-electron chi connectivity index (χ4n) is 3.21. The van der Waals surface area contributed by atoms with Crippen LogP contribution in [-0.4, -0.2) is 21.6 Å². The summed E-state index contributed by atoms with van der Waals surface area (Å²) < 4.78 is 5.74. The van der Waals surface area contributed by atoms with E-state index in [2.05, 4.69) is 15.3 Å². The minimum Gasteiger partial charge on any atom is -0.457 e. The molecular formula is C22H21N3O3S. The van der Waals surface area contributed by atoms with E-state index in [1.165, 1.54) is 11.8 Å². The molecule has 1 aromatic heterocycles. The number of aromatic amines is 1. The minimum absolute atomic E-state index is 0.0772. The Morgan fingerprint density at radius 1 is 1.03 bits per heavy atom. The van der Waals surface area contributed by atoms with Gasteiger partial charge < -0.3 is 15.0 Å². The van der Waals surface area contributed by atoms with Crippen molar-refractivity contribution in [3.05, 3.63) is 76.2 Å². The molecule has 148 valence electrons. The molecule has 4 rings (SSSR count). The molecule has 2 N–H and O–H groups in total. The number of fused-ring (bicyclic) bond motifs is 1. The molecule has 0 radical (unpaired) electrons. The molecule has 29 heavy (non-hydrogen) atoms. The average molecular weight is 407 g/mol. The maximum atomic E-state index is 12.3. The molecule has 0 bridgehead atoms. The molecule has 0 unspecified atom stereocenters.